The van der Waals surface area contributed by atoms with E-state index in [0.717, 1.165) is 10.5 Å². The van der Waals surface area contributed by atoms with Gasteiger partial charge < -0.3 is 50.3 Å². The molecule has 0 aliphatic carbocycles. The van der Waals surface area contributed by atoms with Crippen molar-refractivity contribution in [3.05, 3.63) is 71.8 Å². The van der Waals surface area contributed by atoms with Crippen molar-refractivity contribution in [2.45, 2.75) is 182 Å². The monoisotopic (exact) mass is 1090 g/mol. The highest BCUT2D eigenvalue weighted by Gasteiger charge is 2.47. The van der Waals surface area contributed by atoms with Crippen molar-refractivity contribution in [3.63, 3.8) is 0 Å². The van der Waals surface area contributed by atoms with Crippen LogP contribution in [0.25, 0.3) is 0 Å². The molecule has 2 aromatic rings. The van der Waals surface area contributed by atoms with Crippen LogP contribution < -0.4 is 16.0 Å². The van der Waals surface area contributed by atoms with Gasteiger partial charge in [0.25, 0.3) is 5.91 Å². The van der Waals surface area contributed by atoms with Crippen LogP contribution in [0.3, 0.4) is 0 Å². The van der Waals surface area contributed by atoms with Crippen molar-refractivity contribution in [2.24, 2.45) is 29.6 Å². The summed E-state index contributed by atoms with van der Waals surface area (Å²) in [4.78, 5) is 140. The van der Waals surface area contributed by atoms with E-state index >= 15 is 9.59 Å². The SMILES string of the molecule is CC(C)CC1NC(=O)C2CCCN2C(=O)C(Cc2ccccc2)N(C)C(=O)C(Cc2ccccc2)NC(=O)C(C(C)C)N(C)C(=O)C(C(C)C)OC(=O)C(C(C)(C)O)N(C)C(=O)C(CC(C)C)NC(=O)C(C(C)C)N(C)C1=O. The smallest absolute Gasteiger partial charge is 0.332 e. The Balaban J connectivity index is 1.96. The minimum Gasteiger partial charge on any atom is -0.450 e. The van der Waals surface area contributed by atoms with Crippen LogP contribution in [0.2, 0.25) is 0 Å². The molecule has 4 rings (SSSR count). The molecule has 2 saturated heterocycles. The third kappa shape index (κ3) is 16.3. The molecule has 0 saturated carbocycles. The number of hydrogen-bond donors (Lipinski definition) is 4. The molecule has 2 aromatic carbocycles. The van der Waals surface area contributed by atoms with Crippen LogP contribution in [0.4, 0.5) is 0 Å². The van der Waals surface area contributed by atoms with Gasteiger partial charge in [-0.25, -0.2) is 4.79 Å². The maximum atomic E-state index is 15.2. The van der Waals surface area contributed by atoms with Gasteiger partial charge in [0, 0.05) is 47.6 Å². The summed E-state index contributed by atoms with van der Waals surface area (Å²) in [5.41, 5.74) is -0.552. The molecule has 9 atom stereocenters. The molecule has 0 aromatic heterocycles. The van der Waals surface area contributed by atoms with Crippen molar-refractivity contribution >= 4 is 53.2 Å². The molecule has 0 spiro atoms. The number of esters is 1. The van der Waals surface area contributed by atoms with Gasteiger partial charge in [-0.1, -0.05) is 130 Å². The van der Waals surface area contributed by atoms with E-state index < -0.39 is 131 Å². The normalized spacial score (nSPS) is 26.0. The molecule has 432 valence electrons. The molecule has 0 radical (unpaired) electrons. The van der Waals surface area contributed by atoms with E-state index in [-0.39, 0.29) is 50.5 Å². The minimum atomic E-state index is -1.97. The number of aliphatic hydroxyl groups is 1. The van der Waals surface area contributed by atoms with Crippen molar-refractivity contribution in [2.75, 3.05) is 34.7 Å². The Labute approximate surface area is 462 Å². The summed E-state index contributed by atoms with van der Waals surface area (Å²) in [5.74, 6) is -8.41. The molecular weight excluding hydrogens is 997 g/mol. The van der Waals surface area contributed by atoms with Gasteiger partial charge in [-0.3, -0.25) is 38.4 Å². The lowest BCUT2D eigenvalue weighted by Gasteiger charge is -2.39. The summed E-state index contributed by atoms with van der Waals surface area (Å²) in [5, 5.41) is 20.4. The number of hydrogen-bond acceptors (Lipinski definition) is 11. The van der Waals surface area contributed by atoms with Crippen molar-refractivity contribution in [1.29, 1.82) is 0 Å². The number of ether oxygens (including phenoxy) is 1. The lowest BCUT2D eigenvalue weighted by molar-refractivity contribution is -0.177. The fraction of sp³-hybridized carbons (Fsp3) is 0.644. The zero-order valence-electron chi connectivity index (χ0n) is 49.1. The fourth-order valence-electron chi connectivity index (χ4n) is 10.9. The quantitative estimate of drug-likeness (QED) is 0.222. The number of carbonyl (C=O) groups excluding carboxylic acids is 9. The number of likely N-dealkylation sites (N-methyl/N-ethyl adjacent to an activating group) is 4. The Hall–Kier alpha value is -6.37. The second-order valence-electron chi connectivity index (χ2n) is 23.9. The fourth-order valence-corrected chi connectivity index (χ4v) is 10.9. The summed E-state index contributed by atoms with van der Waals surface area (Å²) in [6.45, 7) is 20.5. The predicted molar refractivity (Wildman–Crippen MR) is 297 cm³/mol. The van der Waals surface area contributed by atoms with Gasteiger partial charge in [0.15, 0.2) is 12.1 Å². The van der Waals surface area contributed by atoms with Gasteiger partial charge in [0.2, 0.25) is 41.4 Å². The summed E-state index contributed by atoms with van der Waals surface area (Å²) in [6, 6.07) is 8.10. The number of nitrogens with zero attached hydrogens (tertiary/aromatic N) is 5. The first-order chi connectivity index (χ1) is 36.4. The van der Waals surface area contributed by atoms with Crippen LogP contribution in [0, 0.1) is 29.6 Å². The van der Waals surface area contributed by atoms with Crippen LogP contribution in [-0.4, -0.2) is 178 Å². The molecule has 9 unspecified atom stereocenters. The highest BCUT2D eigenvalue weighted by atomic mass is 16.6. The molecule has 2 heterocycles. The predicted octanol–water partition coefficient (Wildman–Crippen LogP) is 3.98. The standard InChI is InChI=1S/C59H90N8O11/c1-34(2)30-41-54(72)64(14)46(36(5)6)51(69)61-42(31-35(3)4)55(73)66(16)49(59(11,12)77)58(76)78-48(38(9)10)57(75)65(15)47(37(7)8)52(70)62-43(32-39-24-19-17-20-25-39)53(71)63(13)45(33-40-26-21-18-22-27-40)56(74)67-29-23-28-44(67)50(68)60-41/h17-22,24-27,34-38,41-49,77H,23,28-33H2,1-16H3,(H,60,68)(H,61,69)(H,62,70). The van der Waals surface area contributed by atoms with Crippen molar-refractivity contribution in [1.82, 2.24) is 40.4 Å². The van der Waals surface area contributed by atoms with Crippen LogP contribution in [0.1, 0.15) is 120 Å². The van der Waals surface area contributed by atoms with Crippen LogP contribution in [0.5, 0.6) is 0 Å². The van der Waals surface area contributed by atoms with Gasteiger partial charge in [0.1, 0.15) is 42.3 Å². The van der Waals surface area contributed by atoms with Gasteiger partial charge in [-0.05, 0) is 80.2 Å². The number of amides is 8. The van der Waals surface area contributed by atoms with E-state index in [1.807, 2.05) is 64.1 Å². The van der Waals surface area contributed by atoms with Crippen LogP contribution >= 0.6 is 0 Å². The Bertz CT molecular complexity index is 2410. The Morgan fingerprint density at radius 1 is 0.538 bits per heavy atom. The summed E-state index contributed by atoms with van der Waals surface area (Å²) < 4.78 is 6.00. The molecule has 2 aliphatic rings. The van der Waals surface area contributed by atoms with E-state index in [9.17, 15) is 38.7 Å². The maximum Gasteiger partial charge on any atom is 0.332 e. The number of rotatable bonds is 12. The number of cyclic esters (lactones) is 1. The Kier molecular flexibility index (Phi) is 23.0. The Morgan fingerprint density at radius 2 is 0.962 bits per heavy atom. The third-order valence-electron chi connectivity index (χ3n) is 14.8. The number of fused-ring (bicyclic) bond motifs is 1. The van der Waals surface area contributed by atoms with E-state index in [1.165, 1.54) is 61.6 Å². The van der Waals surface area contributed by atoms with E-state index in [0.29, 0.717) is 12.0 Å². The van der Waals surface area contributed by atoms with E-state index in [1.54, 1.807) is 65.8 Å². The van der Waals surface area contributed by atoms with E-state index in [4.69, 9.17) is 4.74 Å². The molecule has 19 nitrogen and oxygen atoms in total. The van der Waals surface area contributed by atoms with Gasteiger partial charge in [-0.15, -0.1) is 0 Å². The maximum absolute atomic E-state index is 15.2. The molecule has 19 heteroatoms. The minimum absolute atomic E-state index is 0.00739. The molecular formula is C59H90N8O11. The van der Waals surface area contributed by atoms with Gasteiger partial charge in [0.05, 0.1) is 5.60 Å². The lowest BCUT2D eigenvalue weighted by Crippen LogP contribution is -2.62. The number of carbonyl (C=O) groups is 9. The van der Waals surface area contributed by atoms with Gasteiger partial charge in [-0.2, -0.15) is 0 Å². The molecule has 0 bridgehead atoms. The van der Waals surface area contributed by atoms with Gasteiger partial charge >= 0.3 is 5.97 Å². The Morgan fingerprint density at radius 3 is 1.41 bits per heavy atom. The van der Waals surface area contributed by atoms with Crippen LogP contribution in [0.15, 0.2) is 60.7 Å². The summed E-state index contributed by atoms with van der Waals surface area (Å²) in [6.07, 6.45) is -0.518. The first-order valence-electron chi connectivity index (χ1n) is 27.7. The summed E-state index contributed by atoms with van der Waals surface area (Å²) >= 11 is 0. The molecule has 8 amide bonds. The zero-order valence-corrected chi connectivity index (χ0v) is 49.1. The first-order valence-corrected chi connectivity index (χ1v) is 27.7. The topological polar surface area (TPSA) is 235 Å². The number of benzene rings is 2. The van der Waals surface area contributed by atoms with E-state index in [2.05, 4.69) is 16.0 Å². The molecule has 78 heavy (non-hydrogen) atoms. The average molecular weight is 1090 g/mol. The molecule has 4 N–H and O–H groups in total. The highest BCUT2D eigenvalue weighted by Crippen LogP contribution is 2.27. The molecule has 2 fully saturated rings. The highest BCUT2D eigenvalue weighted by molar-refractivity contribution is 5.99. The number of nitrogens with one attached hydrogen (secondary N) is 3. The van der Waals surface area contributed by atoms with Crippen molar-refractivity contribution in [3.8, 4) is 0 Å². The largest absolute Gasteiger partial charge is 0.450 e. The lowest BCUT2D eigenvalue weighted by atomic mass is 9.94. The average Bonchev–Trinajstić information content (AvgIpc) is 3.86. The third-order valence-corrected chi connectivity index (χ3v) is 14.8. The van der Waals surface area contributed by atoms with Crippen molar-refractivity contribution < 1.29 is 53.0 Å². The summed E-state index contributed by atoms with van der Waals surface area (Å²) in [7, 11) is 5.64. The first kappa shape index (κ1) is 64.2. The molecule has 2 aliphatic heterocycles. The second kappa shape index (κ2) is 28.0. The zero-order chi connectivity index (χ0) is 58.7. The van der Waals surface area contributed by atoms with Crippen LogP contribution in [-0.2, 0) is 60.7 Å². The second-order valence-corrected chi connectivity index (χ2v) is 23.9.